The number of rotatable bonds is 16. The molecule has 1 aliphatic rings. The van der Waals surface area contributed by atoms with Crippen LogP contribution in [0.2, 0.25) is 0 Å². The normalized spacial score (nSPS) is 14.1. The minimum atomic E-state index is -0.250. The lowest BCUT2D eigenvalue weighted by molar-refractivity contribution is 0.0952. The van der Waals surface area contributed by atoms with E-state index in [-0.39, 0.29) is 24.1 Å². The number of aromatic nitrogens is 4. The van der Waals surface area contributed by atoms with Crippen molar-refractivity contribution in [2.24, 2.45) is 5.41 Å². The Hall–Kier alpha value is -4.28. The van der Waals surface area contributed by atoms with Gasteiger partial charge in [-0.1, -0.05) is 32.8 Å². The van der Waals surface area contributed by atoms with Crippen molar-refractivity contribution in [1.29, 1.82) is 0 Å². The second-order valence-electron chi connectivity index (χ2n) is 14.2. The molecular formula is C40H56N8O2. The first-order valence-electron chi connectivity index (χ1n) is 18.3. The van der Waals surface area contributed by atoms with Gasteiger partial charge in [0.2, 0.25) is 0 Å². The Labute approximate surface area is 297 Å². The number of nitrogens with one attached hydrogen (secondary N) is 3. The molecule has 1 amide bonds. The first-order chi connectivity index (χ1) is 24.1. The maximum absolute atomic E-state index is 13.7. The van der Waals surface area contributed by atoms with Gasteiger partial charge in [0.05, 0.1) is 17.3 Å². The van der Waals surface area contributed by atoms with Crippen molar-refractivity contribution in [2.45, 2.75) is 79.8 Å². The fourth-order valence-electron chi connectivity index (χ4n) is 7.24. The van der Waals surface area contributed by atoms with E-state index < -0.39 is 0 Å². The lowest BCUT2D eigenvalue weighted by Gasteiger charge is -2.35. The number of carbonyl (C=O) groups is 1. The van der Waals surface area contributed by atoms with Crippen LogP contribution in [0.1, 0.15) is 86.6 Å². The number of hydrogen-bond acceptors (Lipinski definition) is 7. The molecule has 50 heavy (non-hydrogen) atoms. The zero-order valence-electron chi connectivity index (χ0n) is 30.9. The zero-order valence-corrected chi connectivity index (χ0v) is 30.9. The van der Waals surface area contributed by atoms with Gasteiger partial charge in [-0.25, -0.2) is 4.98 Å². The Morgan fingerprint density at radius 3 is 2.44 bits per heavy atom. The van der Waals surface area contributed by atoms with Gasteiger partial charge in [0.1, 0.15) is 5.82 Å². The standard InChI is InChI=1S/C40H56N8O2/c1-8-13-40(9-2,10-3)14-15-41-16-17-46-18-20-47(21-19-46)37-12-11-31(25-42-37)32-23-33(35-27-44-48(28(4)5)36(35)24-32)38(49)43-26-34-29(6)22-30(7)45-39(34)50/h8,11-12,22-25,27-28,41H,1,9-10,13-21,26H2,2-7H3,(H,43,49)(H,45,50). The van der Waals surface area contributed by atoms with Crippen LogP contribution in [0.3, 0.4) is 0 Å². The summed E-state index contributed by atoms with van der Waals surface area (Å²) < 4.78 is 1.94. The van der Waals surface area contributed by atoms with Gasteiger partial charge in [0, 0.05) is 80.3 Å². The van der Waals surface area contributed by atoms with Gasteiger partial charge >= 0.3 is 0 Å². The Morgan fingerprint density at radius 1 is 1.04 bits per heavy atom. The number of aromatic amines is 1. The van der Waals surface area contributed by atoms with Gasteiger partial charge < -0.3 is 20.5 Å². The van der Waals surface area contributed by atoms with Gasteiger partial charge in [0.25, 0.3) is 11.5 Å². The summed E-state index contributed by atoms with van der Waals surface area (Å²) in [7, 11) is 0. The molecule has 3 aromatic heterocycles. The number of aryl methyl sites for hydroxylation is 2. The highest BCUT2D eigenvalue weighted by molar-refractivity contribution is 6.08. The highest BCUT2D eigenvalue weighted by Crippen LogP contribution is 2.34. The summed E-state index contributed by atoms with van der Waals surface area (Å²) in [5, 5.41) is 12.1. The summed E-state index contributed by atoms with van der Waals surface area (Å²) in [6.07, 6.45) is 10.4. The zero-order chi connectivity index (χ0) is 35.8. The summed E-state index contributed by atoms with van der Waals surface area (Å²) in [6.45, 7) is 23.6. The van der Waals surface area contributed by atoms with E-state index in [4.69, 9.17) is 4.98 Å². The summed E-state index contributed by atoms with van der Waals surface area (Å²) in [4.78, 5) is 38.8. The number of amides is 1. The minimum Gasteiger partial charge on any atom is -0.354 e. The summed E-state index contributed by atoms with van der Waals surface area (Å²) in [6, 6.07) is 10.2. The average molecular weight is 681 g/mol. The van der Waals surface area contributed by atoms with Gasteiger partial charge in [-0.15, -0.1) is 6.58 Å². The molecule has 0 saturated carbocycles. The molecule has 0 bridgehead atoms. The van der Waals surface area contributed by atoms with Gasteiger partial charge in [0.15, 0.2) is 0 Å². The molecule has 1 fully saturated rings. The van der Waals surface area contributed by atoms with Crippen molar-refractivity contribution in [1.82, 2.24) is 35.3 Å². The van der Waals surface area contributed by atoms with Gasteiger partial charge in [-0.05, 0) is 94.0 Å². The van der Waals surface area contributed by atoms with Gasteiger partial charge in [-0.2, -0.15) is 5.10 Å². The maximum atomic E-state index is 13.7. The number of carbonyl (C=O) groups excluding carboxylic acids is 1. The highest BCUT2D eigenvalue weighted by Gasteiger charge is 2.24. The lowest BCUT2D eigenvalue weighted by atomic mass is 9.76. The van der Waals surface area contributed by atoms with Crippen LogP contribution in [0.25, 0.3) is 22.0 Å². The van der Waals surface area contributed by atoms with Crippen LogP contribution in [-0.4, -0.2) is 76.4 Å². The van der Waals surface area contributed by atoms with Crippen LogP contribution in [0.15, 0.2) is 60.2 Å². The number of nitrogens with zero attached hydrogens (tertiary/aromatic N) is 5. The van der Waals surface area contributed by atoms with Crippen molar-refractivity contribution in [2.75, 3.05) is 50.7 Å². The monoisotopic (exact) mass is 680 g/mol. The second-order valence-corrected chi connectivity index (χ2v) is 14.2. The average Bonchev–Trinajstić information content (AvgIpc) is 3.55. The summed E-state index contributed by atoms with van der Waals surface area (Å²) in [5.41, 5.74) is 5.63. The molecule has 4 aromatic rings. The van der Waals surface area contributed by atoms with E-state index in [0.717, 1.165) is 91.3 Å². The number of anilines is 1. The van der Waals surface area contributed by atoms with Gasteiger partial charge in [-0.3, -0.25) is 19.2 Å². The third-order valence-electron chi connectivity index (χ3n) is 10.7. The van der Waals surface area contributed by atoms with Crippen molar-refractivity contribution in [3.8, 4) is 11.1 Å². The third-order valence-corrected chi connectivity index (χ3v) is 10.7. The molecule has 3 N–H and O–H groups in total. The van der Waals surface area contributed by atoms with E-state index in [1.165, 1.54) is 19.3 Å². The molecule has 0 aliphatic carbocycles. The Balaban J connectivity index is 1.22. The minimum absolute atomic E-state index is 0.117. The van der Waals surface area contributed by atoms with E-state index in [9.17, 15) is 9.59 Å². The smallest absolute Gasteiger partial charge is 0.253 e. The molecule has 1 saturated heterocycles. The number of H-pyrrole nitrogens is 1. The Bertz CT molecular complexity index is 1810. The lowest BCUT2D eigenvalue weighted by Crippen LogP contribution is -2.48. The SMILES string of the molecule is C=CCC(CC)(CC)CCNCCN1CCN(c2ccc(-c3cc(C(=O)NCc4c(C)cc(C)[nH]c4=O)c4cnn(C(C)C)c4c3)cn2)CC1. The van der Waals surface area contributed by atoms with E-state index in [1.807, 2.05) is 36.9 Å². The second kappa shape index (κ2) is 16.6. The molecule has 0 radical (unpaired) electrons. The molecule has 0 atom stereocenters. The van der Waals surface area contributed by atoms with Crippen molar-refractivity contribution in [3.05, 3.63) is 88.1 Å². The number of fused-ring (bicyclic) bond motifs is 1. The van der Waals surface area contributed by atoms with Crippen LogP contribution < -0.4 is 21.1 Å². The molecule has 1 aromatic carbocycles. The fourth-order valence-corrected chi connectivity index (χ4v) is 7.24. The van der Waals surface area contributed by atoms with Crippen LogP contribution in [0, 0.1) is 19.3 Å². The molecule has 10 heteroatoms. The number of hydrogen-bond donors (Lipinski definition) is 3. The summed E-state index contributed by atoms with van der Waals surface area (Å²) in [5.74, 6) is 0.717. The van der Waals surface area contributed by atoms with Crippen LogP contribution in [0.4, 0.5) is 5.82 Å². The molecule has 4 heterocycles. The molecular weight excluding hydrogens is 624 g/mol. The number of pyridine rings is 2. The Morgan fingerprint density at radius 2 is 1.80 bits per heavy atom. The molecule has 0 spiro atoms. The van der Waals surface area contributed by atoms with Crippen LogP contribution in [0.5, 0.6) is 0 Å². The first kappa shape index (κ1) is 37.0. The molecule has 0 unspecified atom stereocenters. The highest BCUT2D eigenvalue weighted by atomic mass is 16.1. The first-order valence-corrected chi connectivity index (χ1v) is 18.3. The van der Waals surface area contributed by atoms with Crippen molar-refractivity contribution >= 4 is 22.6 Å². The van der Waals surface area contributed by atoms with Crippen molar-refractivity contribution in [3.63, 3.8) is 0 Å². The predicted octanol–water partition coefficient (Wildman–Crippen LogP) is 6.40. The maximum Gasteiger partial charge on any atom is 0.253 e. The number of piperazine rings is 1. The third kappa shape index (κ3) is 8.53. The Kier molecular flexibility index (Phi) is 12.3. The molecule has 1 aliphatic heterocycles. The topological polar surface area (TPSA) is 111 Å². The molecule has 268 valence electrons. The molecule has 10 nitrogen and oxygen atoms in total. The quantitative estimate of drug-likeness (QED) is 0.0928. The molecule has 5 rings (SSSR count). The van der Waals surface area contributed by atoms with Crippen molar-refractivity contribution < 1.29 is 4.79 Å². The fraction of sp³-hybridized carbons (Fsp3) is 0.500. The van der Waals surface area contributed by atoms with E-state index >= 15 is 0 Å². The van der Waals surface area contributed by atoms with Crippen LogP contribution >= 0.6 is 0 Å². The van der Waals surface area contributed by atoms with E-state index in [0.29, 0.717) is 16.5 Å². The largest absolute Gasteiger partial charge is 0.354 e. The van der Waals surface area contributed by atoms with Crippen LogP contribution in [-0.2, 0) is 6.54 Å². The predicted molar refractivity (Wildman–Crippen MR) is 205 cm³/mol. The summed E-state index contributed by atoms with van der Waals surface area (Å²) >= 11 is 0. The number of benzene rings is 1. The van der Waals surface area contributed by atoms with E-state index in [2.05, 4.69) is 89.1 Å². The van der Waals surface area contributed by atoms with E-state index in [1.54, 1.807) is 6.20 Å². The number of allylic oxidation sites excluding steroid dienone is 1.